The quantitative estimate of drug-likeness (QED) is 0.798. The second-order valence-corrected chi connectivity index (χ2v) is 5.19. The lowest BCUT2D eigenvalue weighted by molar-refractivity contribution is 0.150. The van der Waals surface area contributed by atoms with E-state index in [9.17, 15) is 0 Å². The molecule has 0 aliphatic carbocycles. The maximum Gasteiger partial charge on any atom is 0.0606 e. The predicted octanol–water partition coefficient (Wildman–Crippen LogP) is 1.74. The summed E-state index contributed by atoms with van der Waals surface area (Å²) < 4.78 is 5.19. The van der Waals surface area contributed by atoms with E-state index in [1.807, 2.05) is 30.3 Å². The van der Waals surface area contributed by atoms with Crippen molar-refractivity contribution in [3.05, 3.63) is 35.9 Å². The fourth-order valence-corrected chi connectivity index (χ4v) is 2.45. The van der Waals surface area contributed by atoms with Gasteiger partial charge in [0.05, 0.1) is 13.2 Å². The van der Waals surface area contributed by atoms with Gasteiger partial charge in [0.15, 0.2) is 0 Å². The molecule has 3 nitrogen and oxygen atoms in total. The Balaban J connectivity index is 1.84. The fourth-order valence-electron chi connectivity index (χ4n) is 2.45. The van der Waals surface area contributed by atoms with Gasteiger partial charge in [0, 0.05) is 31.8 Å². The molecular weight excluding hydrogens is 248 g/mol. The molecular formula is C17H24N2O. The third kappa shape index (κ3) is 5.34. The van der Waals surface area contributed by atoms with E-state index < -0.39 is 0 Å². The van der Waals surface area contributed by atoms with Crippen LogP contribution in [-0.4, -0.2) is 50.8 Å². The second-order valence-electron chi connectivity index (χ2n) is 5.19. The minimum absolute atomic E-state index is 0.616. The predicted molar refractivity (Wildman–Crippen MR) is 82.7 cm³/mol. The van der Waals surface area contributed by atoms with Crippen molar-refractivity contribution in [3.63, 3.8) is 0 Å². The van der Waals surface area contributed by atoms with Crippen LogP contribution in [0, 0.1) is 11.8 Å². The number of benzene rings is 1. The lowest BCUT2D eigenvalue weighted by Gasteiger charge is -2.23. The molecule has 1 aliphatic heterocycles. The molecule has 1 aliphatic rings. The van der Waals surface area contributed by atoms with Crippen molar-refractivity contribution in [2.24, 2.45) is 0 Å². The van der Waals surface area contributed by atoms with E-state index in [1.165, 1.54) is 12.8 Å². The zero-order chi connectivity index (χ0) is 14.0. The number of ether oxygens (including phenoxy) is 1. The smallest absolute Gasteiger partial charge is 0.0606 e. The third-order valence-electron chi connectivity index (χ3n) is 3.56. The lowest BCUT2D eigenvalue weighted by Crippen LogP contribution is -2.39. The van der Waals surface area contributed by atoms with Crippen LogP contribution in [0.2, 0.25) is 0 Å². The van der Waals surface area contributed by atoms with Crippen molar-refractivity contribution >= 4 is 0 Å². The van der Waals surface area contributed by atoms with Crippen LogP contribution in [0.25, 0.3) is 0 Å². The van der Waals surface area contributed by atoms with Crippen LogP contribution >= 0.6 is 0 Å². The van der Waals surface area contributed by atoms with Crippen LogP contribution in [0.5, 0.6) is 0 Å². The molecule has 1 aromatic rings. The standard InChI is InChI=1S/C17H24N2O/c1-20-14-13-19(15-17-10-5-11-18-17)12-6-9-16-7-3-2-4-8-16/h2-4,7-8,17-18H,5,10-15H2,1H3. The molecule has 1 fully saturated rings. The van der Waals surface area contributed by atoms with Gasteiger partial charge in [0.2, 0.25) is 0 Å². The summed E-state index contributed by atoms with van der Waals surface area (Å²) in [7, 11) is 1.75. The highest BCUT2D eigenvalue weighted by Crippen LogP contribution is 2.06. The van der Waals surface area contributed by atoms with Crippen LogP contribution < -0.4 is 5.32 Å². The Morgan fingerprint density at radius 2 is 2.20 bits per heavy atom. The number of rotatable bonds is 6. The SMILES string of the molecule is COCCN(CC#Cc1ccccc1)CC1CCCN1. The molecule has 0 amide bonds. The molecule has 3 heteroatoms. The van der Waals surface area contributed by atoms with Crippen LogP contribution in [0.3, 0.4) is 0 Å². The highest BCUT2D eigenvalue weighted by molar-refractivity contribution is 5.33. The number of methoxy groups -OCH3 is 1. The van der Waals surface area contributed by atoms with Crippen LogP contribution in [-0.2, 0) is 4.74 Å². The van der Waals surface area contributed by atoms with Crippen molar-refractivity contribution in [1.82, 2.24) is 10.2 Å². The lowest BCUT2D eigenvalue weighted by atomic mass is 10.2. The Kier molecular flexibility index (Phi) is 6.59. The van der Waals surface area contributed by atoms with Gasteiger partial charge in [-0.05, 0) is 31.5 Å². The Morgan fingerprint density at radius 1 is 1.35 bits per heavy atom. The van der Waals surface area contributed by atoms with E-state index in [0.717, 1.165) is 38.3 Å². The monoisotopic (exact) mass is 272 g/mol. The van der Waals surface area contributed by atoms with Crippen molar-refractivity contribution in [2.75, 3.05) is 39.9 Å². The molecule has 1 unspecified atom stereocenters. The zero-order valence-electron chi connectivity index (χ0n) is 12.3. The Hall–Kier alpha value is -1.34. The van der Waals surface area contributed by atoms with Crippen molar-refractivity contribution in [1.29, 1.82) is 0 Å². The maximum absolute atomic E-state index is 5.19. The summed E-state index contributed by atoms with van der Waals surface area (Å²) in [6.45, 7) is 4.72. The van der Waals surface area contributed by atoms with Gasteiger partial charge in [-0.25, -0.2) is 0 Å². The molecule has 1 heterocycles. The van der Waals surface area contributed by atoms with Gasteiger partial charge < -0.3 is 10.1 Å². The molecule has 0 radical (unpaired) electrons. The first-order valence-corrected chi connectivity index (χ1v) is 7.37. The largest absolute Gasteiger partial charge is 0.383 e. The van der Waals surface area contributed by atoms with E-state index in [2.05, 4.69) is 22.1 Å². The van der Waals surface area contributed by atoms with Gasteiger partial charge in [0.1, 0.15) is 0 Å². The fraction of sp³-hybridized carbons (Fsp3) is 0.529. The number of nitrogens with one attached hydrogen (secondary N) is 1. The maximum atomic E-state index is 5.19. The van der Waals surface area contributed by atoms with Crippen molar-refractivity contribution in [2.45, 2.75) is 18.9 Å². The number of hydrogen-bond acceptors (Lipinski definition) is 3. The Labute approximate surface area is 122 Å². The third-order valence-corrected chi connectivity index (χ3v) is 3.56. The van der Waals surface area contributed by atoms with E-state index in [4.69, 9.17) is 4.74 Å². The van der Waals surface area contributed by atoms with Gasteiger partial charge >= 0.3 is 0 Å². The average Bonchev–Trinajstić information content (AvgIpc) is 2.98. The van der Waals surface area contributed by atoms with Crippen LogP contribution in [0.1, 0.15) is 18.4 Å². The number of hydrogen-bond donors (Lipinski definition) is 1. The van der Waals surface area contributed by atoms with Gasteiger partial charge in [-0.15, -0.1) is 0 Å². The molecule has 20 heavy (non-hydrogen) atoms. The van der Waals surface area contributed by atoms with Gasteiger partial charge in [-0.3, -0.25) is 4.90 Å². The molecule has 1 aromatic carbocycles. The average molecular weight is 272 g/mol. The number of nitrogens with zero attached hydrogens (tertiary/aromatic N) is 1. The van der Waals surface area contributed by atoms with E-state index in [-0.39, 0.29) is 0 Å². The normalized spacial score (nSPS) is 18.0. The summed E-state index contributed by atoms with van der Waals surface area (Å²) in [6.07, 6.45) is 2.56. The molecule has 1 N–H and O–H groups in total. The van der Waals surface area contributed by atoms with E-state index in [1.54, 1.807) is 7.11 Å². The topological polar surface area (TPSA) is 24.5 Å². The molecule has 0 aromatic heterocycles. The highest BCUT2D eigenvalue weighted by atomic mass is 16.5. The van der Waals surface area contributed by atoms with Crippen molar-refractivity contribution < 1.29 is 4.74 Å². The summed E-state index contributed by atoms with van der Waals surface area (Å²) in [5, 5.41) is 3.54. The van der Waals surface area contributed by atoms with Crippen molar-refractivity contribution in [3.8, 4) is 11.8 Å². The van der Waals surface area contributed by atoms with Gasteiger partial charge in [0.25, 0.3) is 0 Å². The van der Waals surface area contributed by atoms with Gasteiger partial charge in [-0.1, -0.05) is 30.0 Å². The molecule has 2 rings (SSSR count). The van der Waals surface area contributed by atoms with Crippen LogP contribution in [0.15, 0.2) is 30.3 Å². The highest BCUT2D eigenvalue weighted by Gasteiger charge is 2.16. The molecule has 108 valence electrons. The Bertz CT molecular complexity index is 429. The summed E-state index contributed by atoms with van der Waals surface area (Å²) >= 11 is 0. The summed E-state index contributed by atoms with van der Waals surface area (Å²) in [5.74, 6) is 6.50. The molecule has 0 bridgehead atoms. The molecule has 0 spiro atoms. The molecule has 1 saturated heterocycles. The first kappa shape index (κ1) is 15.1. The Morgan fingerprint density at radius 3 is 2.90 bits per heavy atom. The first-order valence-electron chi connectivity index (χ1n) is 7.37. The summed E-state index contributed by atoms with van der Waals surface area (Å²) in [6, 6.07) is 10.8. The zero-order valence-corrected chi connectivity index (χ0v) is 12.3. The van der Waals surface area contributed by atoms with Gasteiger partial charge in [-0.2, -0.15) is 0 Å². The summed E-state index contributed by atoms with van der Waals surface area (Å²) in [5.41, 5.74) is 1.08. The van der Waals surface area contributed by atoms with Crippen LogP contribution in [0.4, 0.5) is 0 Å². The second kappa shape index (κ2) is 8.76. The summed E-state index contributed by atoms with van der Waals surface area (Å²) in [4.78, 5) is 2.38. The molecule has 0 saturated carbocycles. The first-order chi connectivity index (χ1) is 9.88. The minimum atomic E-state index is 0.616. The van der Waals surface area contributed by atoms with E-state index in [0.29, 0.717) is 6.04 Å². The van der Waals surface area contributed by atoms with E-state index >= 15 is 0 Å². The molecule has 1 atom stereocenters. The minimum Gasteiger partial charge on any atom is -0.383 e.